The van der Waals surface area contributed by atoms with Gasteiger partial charge in [0.15, 0.2) is 5.96 Å². The monoisotopic (exact) mass is 506 g/mol. The molecule has 8 heteroatoms. The number of rotatable bonds is 11. The molecule has 0 aliphatic carbocycles. The van der Waals surface area contributed by atoms with E-state index in [4.69, 9.17) is 14.2 Å². The highest BCUT2D eigenvalue weighted by Crippen LogP contribution is 2.26. The first-order valence-electron chi connectivity index (χ1n) is 9.67. The normalized spacial score (nSPS) is 15.8. The number of methoxy groups -OCH3 is 2. The van der Waals surface area contributed by atoms with Crippen molar-refractivity contribution in [1.82, 2.24) is 15.5 Å². The van der Waals surface area contributed by atoms with Crippen LogP contribution in [0.4, 0.5) is 0 Å². The standard InChI is InChI=1S/C20H34N4O3.HI/c1-21-20(22-10-13-27-15-14-25-2)23-16-19(24-11-4-5-12-24)17-6-8-18(26-3)9-7-17;/h6-9,19H,4-5,10-16H2,1-3H3,(H2,21,22,23);1H. The summed E-state index contributed by atoms with van der Waals surface area (Å²) >= 11 is 0. The summed E-state index contributed by atoms with van der Waals surface area (Å²) in [4.78, 5) is 6.85. The van der Waals surface area contributed by atoms with Crippen molar-refractivity contribution in [3.63, 3.8) is 0 Å². The zero-order valence-corrected chi connectivity index (χ0v) is 19.6. The summed E-state index contributed by atoms with van der Waals surface area (Å²) in [5.41, 5.74) is 1.29. The van der Waals surface area contributed by atoms with E-state index in [1.54, 1.807) is 21.3 Å². The fourth-order valence-electron chi connectivity index (χ4n) is 3.24. The lowest BCUT2D eigenvalue weighted by atomic mass is 10.1. The van der Waals surface area contributed by atoms with E-state index < -0.39 is 0 Å². The van der Waals surface area contributed by atoms with E-state index in [0.29, 0.717) is 32.4 Å². The van der Waals surface area contributed by atoms with Crippen molar-refractivity contribution in [2.75, 3.05) is 67.3 Å². The Morgan fingerprint density at radius 1 is 1.07 bits per heavy atom. The number of nitrogens with zero attached hydrogens (tertiary/aromatic N) is 2. The first-order valence-corrected chi connectivity index (χ1v) is 9.67. The van der Waals surface area contributed by atoms with Gasteiger partial charge in [-0.25, -0.2) is 0 Å². The van der Waals surface area contributed by atoms with Crippen LogP contribution in [0.3, 0.4) is 0 Å². The van der Waals surface area contributed by atoms with Crippen LogP contribution in [0.2, 0.25) is 0 Å². The molecule has 0 spiro atoms. The molecular weight excluding hydrogens is 471 g/mol. The third kappa shape index (κ3) is 8.50. The maximum absolute atomic E-state index is 5.48. The average molecular weight is 506 g/mol. The largest absolute Gasteiger partial charge is 0.497 e. The number of guanidine groups is 1. The molecule has 1 aromatic rings. The predicted octanol–water partition coefficient (Wildman–Crippen LogP) is 2.28. The van der Waals surface area contributed by atoms with Crippen LogP contribution in [0.5, 0.6) is 5.75 Å². The van der Waals surface area contributed by atoms with Gasteiger partial charge in [-0.2, -0.15) is 0 Å². The van der Waals surface area contributed by atoms with Gasteiger partial charge in [-0.3, -0.25) is 9.89 Å². The second-order valence-corrected chi connectivity index (χ2v) is 6.52. The molecule has 1 unspecified atom stereocenters. The van der Waals surface area contributed by atoms with Crippen LogP contribution in [0.25, 0.3) is 0 Å². The molecule has 1 aliphatic rings. The summed E-state index contributed by atoms with van der Waals surface area (Å²) in [7, 11) is 5.16. The van der Waals surface area contributed by atoms with Gasteiger partial charge in [-0.05, 0) is 43.6 Å². The molecule has 160 valence electrons. The van der Waals surface area contributed by atoms with Crippen molar-refractivity contribution in [2.45, 2.75) is 18.9 Å². The minimum absolute atomic E-state index is 0. The van der Waals surface area contributed by atoms with Gasteiger partial charge < -0.3 is 24.8 Å². The van der Waals surface area contributed by atoms with E-state index in [1.165, 1.54) is 18.4 Å². The average Bonchev–Trinajstić information content (AvgIpc) is 3.24. The van der Waals surface area contributed by atoms with Gasteiger partial charge in [-0.15, -0.1) is 24.0 Å². The van der Waals surface area contributed by atoms with Crippen LogP contribution in [0.1, 0.15) is 24.4 Å². The number of hydrogen-bond acceptors (Lipinski definition) is 5. The Balaban J connectivity index is 0.00000392. The van der Waals surface area contributed by atoms with Gasteiger partial charge in [0.1, 0.15) is 5.75 Å². The van der Waals surface area contributed by atoms with Gasteiger partial charge in [0, 0.05) is 27.2 Å². The number of halogens is 1. The first kappa shape index (κ1) is 24.9. The van der Waals surface area contributed by atoms with E-state index in [0.717, 1.165) is 31.3 Å². The Morgan fingerprint density at radius 3 is 2.39 bits per heavy atom. The molecule has 0 saturated carbocycles. The fourth-order valence-corrected chi connectivity index (χ4v) is 3.24. The highest BCUT2D eigenvalue weighted by molar-refractivity contribution is 14.0. The molecule has 1 heterocycles. The minimum atomic E-state index is 0. The van der Waals surface area contributed by atoms with Gasteiger partial charge in [0.2, 0.25) is 0 Å². The van der Waals surface area contributed by atoms with Gasteiger partial charge in [-0.1, -0.05) is 12.1 Å². The molecule has 28 heavy (non-hydrogen) atoms. The second-order valence-electron chi connectivity index (χ2n) is 6.52. The van der Waals surface area contributed by atoms with Crippen LogP contribution < -0.4 is 15.4 Å². The van der Waals surface area contributed by atoms with Crippen LogP contribution in [0, 0.1) is 0 Å². The predicted molar refractivity (Wildman–Crippen MR) is 124 cm³/mol. The molecule has 1 fully saturated rings. The lowest BCUT2D eigenvalue weighted by Crippen LogP contribution is -2.43. The van der Waals surface area contributed by atoms with E-state index >= 15 is 0 Å². The molecule has 0 amide bonds. The topological polar surface area (TPSA) is 67.4 Å². The van der Waals surface area contributed by atoms with Crippen molar-refractivity contribution < 1.29 is 14.2 Å². The Labute approximate surface area is 186 Å². The Hall–Kier alpha value is -1.10. The number of aliphatic imine (C=N–C) groups is 1. The summed E-state index contributed by atoms with van der Waals surface area (Å²) in [6, 6.07) is 8.69. The maximum Gasteiger partial charge on any atom is 0.191 e. The van der Waals surface area contributed by atoms with Gasteiger partial charge in [0.05, 0.1) is 33.0 Å². The third-order valence-corrected chi connectivity index (χ3v) is 4.74. The Bertz CT molecular complexity index is 551. The lowest BCUT2D eigenvalue weighted by molar-refractivity contribution is 0.0733. The van der Waals surface area contributed by atoms with Crippen molar-refractivity contribution in [2.24, 2.45) is 4.99 Å². The lowest BCUT2D eigenvalue weighted by Gasteiger charge is -2.29. The van der Waals surface area contributed by atoms with Crippen LogP contribution in [-0.4, -0.2) is 78.1 Å². The summed E-state index contributed by atoms with van der Waals surface area (Å²) in [6.45, 7) is 5.63. The summed E-state index contributed by atoms with van der Waals surface area (Å²) in [5.74, 6) is 1.68. The minimum Gasteiger partial charge on any atom is -0.497 e. The summed E-state index contributed by atoms with van der Waals surface area (Å²) in [6.07, 6.45) is 2.52. The fraction of sp³-hybridized carbons (Fsp3) is 0.650. The molecule has 0 aromatic heterocycles. The number of hydrogen-bond donors (Lipinski definition) is 2. The smallest absolute Gasteiger partial charge is 0.191 e. The van der Waals surface area contributed by atoms with Crippen LogP contribution >= 0.6 is 24.0 Å². The van der Waals surface area contributed by atoms with Crippen molar-refractivity contribution in [1.29, 1.82) is 0 Å². The van der Waals surface area contributed by atoms with E-state index in [2.05, 4.69) is 32.7 Å². The molecule has 1 aromatic carbocycles. The van der Waals surface area contributed by atoms with Crippen molar-refractivity contribution in [3.05, 3.63) is 29.8 Å². The Kier molecular flexibility index (Phi) is 13.2. The molecule has 0 radical (unpaired) electrons. The number of benzene rings is 1. The highest BCUT2D eigenvalue weighted by Gasteiger charge is 2.23. The van der Waals surface area contributed by atoms with E-state index in [9.17, 15) is 0 Å². The zero-order valence-electron chi connectivity index (χ0n) is 17.3. The van der Waals surface area contributed by atoms with Crippen LogP contribution in [0.15, 0.2) is 29.3 Å². The number of nitrogens with one attached hydrogen (secondary N) is 2. The molecular formula is C20H35IN4O3. The number of ether oxygens (including phenoxy) is 3. The zero-order chi connectivity index (χ0) is 19.3. The van der Waals surface area contributed by atoms with Crippen molar-refractivity contribution >= 4 is 29.9 Å². The van der Waals surface area contributed by atoms with Crippen LogP contribution in [-0.2, 0) is 9.47 Å². The molecule has 7 nitrogen and oxygen atoms in total. The first-order chi connectivity index (χ1) is 13.3. The molecule has 1 atom stereocenters. The number of likely N-dealkylation sites (tertiary alicyclic amines) is 1. The molecule has 1 aliphatic heterocycles. The van der Waals surface area contributed by atoms with Gasteiger partial charge >= 0.3 is 0 Å². The summed E-state index contributed by atoms with van der Waals surface area (Å²) in [5, 5.41) is 6.76. The maximum atomic E-state index is 5.48. The van der Waals surface area contributed by atoms with E-state index in [1.807, 2.05) is 12.1 Å². The second kappa shape index (κ2) is 14.8. The molecule has 2 N–H and O–H groups in total. The van der Waals surface area contributed by atoms with Gasteiger partial charge in [0.25, 0.3) is 0 Å². The molecule has 1 saturated heterocycles. The molecule has 0 bridgehead atoms. The molecule has 2 rings (SSSR count). The highest BCUT2D eigenvalue weighted by atomic mass is 127. The van der Waals surface area contributed by atoms with E-state index in [-0.39, 0.29) is 24.0 Å². The quantitative estimate of drug-likeness (QED) is 0.208. The van der Waals surface area contributed by atoms with Crippen molar-refractivity contribution in [3.8, 4) is 5.75 Å². The SMILES string of the molecule is CN=C(NCCOCCOC)NCC(c1ccc(OC)cc1)N1CCCC1.I. The third-order valence-electron chi connectivity index (χ3n) is 4.74. The summed E-state index contributed by atoms with van der Waals surface area (Å²) < 4.78 is 15.7. The Morgan fingerprint density at radius 2 is 1.79 bits per heavy atom.